The van der Waals surface area contributed by atoms with Crippen molar-refractivity contribution in [2.24, 2.45) is 10.9 Å². The van der Waals surface area contributed by atoms with E-state index in [-0.39, 0.29) is 26.3 Å². The summed E-state index contributed by atoms with van der Waals surface area (Å²) in [5.41, 5.74) is 1.45. The van der Waals surface area contributed by atoms with Crippen LogP contribution in [0.25, 0.3) is 0 Å². The van der Waals surface area contributed by atoms with Crippen LogP contribution in [0.1, 0.15) is 93.6 Å². The molecule has 0 atom stereocenters. The molecule has 0 saturated carbocycles. The molecule has 166 valence electrons. The third-order valence-electron chi connectivity index (χ3n) is 4.25. The average molecular weight is 405 g/mol. The van der Waals surface area contributed by atoms with Gasteiger partial charge in [0.1, 0.15) is 11.7 Å². The first-order valence-corrected chi connectivity index (χ1v) is 9.79. The van der Waals surface area contributed by atoms with E-state index in [1.807, 2.05) is 12.3 Å². The summed E-state index contributed by atoms with van der Waals surface area (Å²) in [5.74, 6) is 2.72. The van der Waals surface area contributed by atoms with Crippen LogP contribution in [0.5, 0.6) is 0 Å². The lowest BCUT2D eigenvalue weighted by atomic mass is 10.1. The Labute approximate surface area is 179 Å². The summed E-state index contributed by atoms with van der Waals surface area (Å²) in [7, 11) is 0. The molecule has 0 N–H and O–H groups in total. The maximum absolute atomic E-state index is 11.4. The van der Waals surface area contributed by atoms with E-state index in [1.54, 1.807) is 6.92 Å². The zero-order valence-corrected chi connectivity index (χ0v) is 18.4. The van der Waals surface area contributed by atoms with Crippen LogP contribution in [-0.4, -0.2) is 26.3 Å². The van der Waals surface area contributed by atoms with Crippen molar-refractivity contribution >= 4 is 5.84 Å². The Hall–Kier alpha value is -2.17. The van der Waals surface area contributed by atoms with Crippen molar-refractivity contribution in [2.45, 2.75) is 95.2 Å². The Morgan fingerprint density at radius 3 is 1.90 bits per heavy atom. The van der Waals surface area contributed by atoms with Gasteiger partial charge in [0.15, 0.2) is 0 Å². The first-order chi connectivity index (χ1) is 12.5. The Kier molecular flexibility index (Phi) is 12.4. The van der Waals surface area contributed by atoms with E-state index in [0.717, 1.165) is 17.4 Å². The molecule has 5 heteroatoms. The molecule has 0 radical (unpaired) electrons. The van der Waals surface area contributed by atoms with Gasteiger partial charge < -0.3 is 9.47 Å². The predicted octanol–water partition coefficient (Wildman–Crippen LogP) is 6.32. The smallest absolute Gasteiger partial charge is 0.275 e. The first-order valence-electron chi connectivity index (χ1n) is 9.79. The average Bonchev–Trinajstić information content (AvgIpc) is 2.56. The van der Waals surface area contributed by atoms with Gasteiger partial charge in [0.2, 0.25) is 0 Å². The van der Waals surface area contributed by atoms with Crippen molar-refractivity contribution in [3.8, 4) is 0 Å². The number of hydrogen-bond donors (Lipinski definition) is 0. The van der Waals surface area contributed by atoms with Crippen molar-refractivity contribution in [1.82, 2.24) is 14.5 Å². The van der Waals surface area contributed by atoms with Gasteiger partial charge in [-0.2, -0.15) is 4.98 Å². The molecule has 1 aromatic heterocycles. The monoisotopic (exact) mass is 404 g/mol. The highest BCUT2D eigenvalue weighted by molar-refractivity contribution is 5.87. The molecule has 0 unspecified atom stereocenters. The predicted molar refractivity (Wildman–Crippen MR) is 129 cm³/mol. The summed E-state index contributed by atoms with van der Waals surface area (Å²) >= 11 is 0. The summed E-state index contributed by atoms with van der Waals surface area (Å²) in [6.45, 7) is 22.6. The minimum atomic E-state index is -0.106. The third kappa shape index (κ3) is 8.00. The highest BCUT2D eigenvalue weighted by atomic mass is 16.1. The first kappa shape index (κ1) is 29.0. The maximum Gasteiger partial charge on any atom is 0.275 e. The molecule has 0 fully saturated rings. The van der Waals surface area contributed by atoms with E-state index < -0.39 is 0 Å². The third-order valence-corrected chi connectivity index (χ3v) is 4.25. The van der Waals surface area contributed by atoms with E-state index >= 15 is 0 Å². The van der Waals surface area contributed by atoms with E-state index in [9.17, 15) is 4.79 Å². The maximum atomic E-state index is 11.4. The summed E-state index contributed by atoms with van der Waals surface area (Å²) in [6, 6.07) is 0.810. The van der Waals surface area contributed by atoms with Crippen LogP contribution in [0.3, 0.4) is 0 Å². The fourth-order valence-corrected chi connectivity index (χ4v) is 2.77. The van der Waals surface area contributed by atoms with Crippen molar-refractivity contribution in [2.75, 3.05) is 0 Å². The minimum absolute atomic E-state index is 0. The lowest BCUT2D eigenvalue weighted by Gasteiger charge is -2.31. The van der Waals surface area contributed by atoms with Gasteiger partial charge in [-0.05, 0) is 40.7 Å². The Bertz CT molecular complexity index is 768. The van der Waals surface area contributed by atoms with Crippen molar-refractivity contribution in [3.05, 3.63) is 52.5 Å². The summed E-state index contributed by atoms with van der Waals surface area (Å²) < 4.78 is 2.07. The summed E-state index contributed by atoms with van der Waals surface area (Å²) in [5, 5.41) is 0. The van der Waals surface area contributed by atoms with Gasteiger partial charge in [-0.1, -0.05) is 49.1 Å². The normalized spacial score (nSPS) is 13.2. The zero-order valence-electron chi connectivity index (χ0n) is 18.4. The van der Waals surface area contributed by atoms with Gasteiger partial charge in [-0.3, -0.25) is 4.79 Å². The second kappa shape index (κ2) is 12.4. The molecule has 0 saturated heterocycles. The van der Waals surface area contributed by atoms with Crippen LogP contribution >= 0.6 is 0 Å². The molecule has 29 heavy (non-hydrogen) atoms. The number of aryl methyl sites for hydroxylation is 1. The highest BCUT2D eigenvalue weighted by Gasteiger charge is 2.18. The van der Waals surface area contributed by atoms with Gasteiger partial charge in [0.05, 0.1) is 5.70 Å². The number of nitrogens with zero attached hydrogens (tertiary/aromatic N) is 4. The van der Waals surface area contributed by atoms with Crippen molar-refractivity contribution in [3.63, 3.8) is 0 Å². The lowest BCUT2D eigenvalue weighted by molar-refractivity contribution is 0.433. The van der Waals surface area contributed by atoms with Crippen LogP contribution in [0, 0.1) is 12.8 Å². The number of aliphatic imine (C=N–C) groups is 1. The van der Waals surface area contributed by atoms with Crippen molar-refractivity contribution in [1.29, 1.82) is 0 Å². The molecule has 1 aliphatic heterocycles. The SMILES string of the molecule is C.C.C=C1C=CN(C(C)C)C(C(C)C)=N1.Cc1cn(C(C)C)c(C(C)C)nc1=O. The number of amidine groups is 1. The van der Waals surface area contributed by atoms with Gasteiger partial charge in [0.25, 0.3) is 5.56 Å². The Balaban J connectivity index is 0. The van der Waals surface area contributed by atoms with Gasteiger partial charge in [-0.15, -0.1) is 0 Å². The molecule has 2 heterocycles. The van der Waals surface area contributed by atoms with Gasteiger partial charge in [0, 0.05) is 41.9 Å². The van der Waals surface area contributed by atoms with Crippen LogP contribution < -0.4 is 5.56 Å². The Morgan fingerprint density at radius 2 is 1.48 bits per heavy atom. The highest BCUT2D eigenvalue weighted by Crippen LogP contribution is 2.17. The molecule has 2 rings (SSSR count). The summed E-state index contributed by atoms with van der Waals surface area (Å²) in [6.07, 6.45) is 5.91. The summed E-state index contributed by atoms with van der Waals surface area (Å²) in [4.78, 5) is 22.1. The number of rotatable bonds is 4. The van der Waals surface area contributed by atoms with Crippen LogP contribution in [0.2, 0.25) is 0 Å². The molecule has 5 nitrogen and oxygen atoms in total. The van der Waals surface area contributed by atoms with Crippen LogP contribution in [-0.2, 0) is 0 Å². The van der Waals surface area contributed by atoms with Crippen LogP contribution in [0.15, 0.2) is 40.5 Å². The fourth-order valence-electron chi connectivity index (χ4n) is 2.77. The molecule has 1 aromatic rings. The second-order valence-corrected chi connectivity index (χ2v) is 8.18. The lowest BCUT2D eigenvalue weighted by Crippen LogP contribution is -2.36. The minimum Gasteiger partial charge on any atom is -0.334 e. The fraction of sp³-hybridized carbons (Fsp3) is 0.625. The number of hydrogen-bond acceptors (Lipinski definition) is 4. The second-order valence-electron chi connectivity index (χ2n) is 8.18. The molecule has 1 aliphatic rings. The molecular formula is C24H44N4O. The number of aromatic nitrogens is 2. The quantitative estimate of drug-likeness (QED) is 0.590. The van der Waals surface area contributed by atoms with Gasteiger partial charge >= 0.3 is 0 Å². The van der Waals surface area contributed by atoms with Crippen molar-refractivity contribution < 1.29 is 0 Å². The molecule has 0 aliphatic carbocycles. The Morgan fingerprint density at radius 1 is 0.931 bits per heavy atom. The standard InChI is InChI=1S/C11H18N2O.C11H18N2.2CH4/c1-7(2)10-12-11(14)9(5)6-13(10)8(3)4;1-8(2)11-12-10(5)6-7-13(11)9(3)4;;/h6-8H,1-5H3;6-9H,5H2,1-4H3;2*1H4. The molecular weight excluding hydrogens is 360 g/mol. The van der Waals surface area contributed by atoms with E-state index in [0.29, 0.717) is 23.6 Å². The molecule has 0 amide bonds. The van der Waals surface area contributed by atoms with E-state index in [4.69, 9.17) is 0 Å². The topological polar surface area (TPSA) is 50.5 Å². The van der Waals surface area contributed by atoms with E-state index in [2.05, 4.69) is 87.6 Å². The van der Waals surface area contributed by atoms with E-state index in [1.165, 1.54) is 0 Å². The molecule has 0 bridgehead atoms. The largest absolute Gasteiger partial charge is 0.334 e. The number of allylic oxidation sites excluding steroid dienone is 1. The van der Waals surface area contributed by atoms with Gasteiger partial charge in [-0.25, -0.2) is 4.99 Å². The zero-order chi connectivity index (χ0) is 20.9. The van der Waals surface area contributed by atoms with Crippen LogP contribution in [0.4, 0.5) is 0 Å². The molecule has 0 aromatic carbocycles. The molecule has 0 spiro atoms.